The molecule has 1 aliphatic rings. The van der Waals surface area contributed by atoms with Gasteiger partial charge in [0.2, 0.25) is 0 Å². The number of non-ortho nitro benzene ring substituents is 1. The van der Waals surface area contributed by atoms with Gasteiger partial charge in [0.05, 0.1) is 23.2 Å². The number of nitrogens with zero attached hydrogens (tertiary/aromatic N) is 1. The number of halogens is 1. The average molecular weight is 267 g/mol. The molecule has 1 aliphatic carbocycles. The minimum absolute atomic E-state index is 0.0140. The van der Waals surface area contributed by atoms with Crippen LogP contribution >= 0.6 is 0 Å². The Morgan fingerprint density at radius 1 is 1.21 bits per heavy atom. The molecule has 1 saturated carbocycles. The lowest BCUT2D eigenvalue weighted by molar-refractivity contribution is -0.385. The number of benzene rings is 1. The number of nitro groups is 1. The van der Waals surface area contributed by atoms with Gasteiger partial charge in [0.1, 0.15) is 11.6 Å². The normalized spacial score (nSPS) is 27.0. The molecule has 1 aromatic rings. The highest BCUT2D eigenvalue weighted by Gasteiger charge is 2.25. The molecule has 1 fully saturated rings. The van der Waals surface area contributed by atoms with E-state index in [-0.39, 0.29) is 17.5 Å². The summed E-state index contributed by atoms with van der Waals surface area (Å²) < 4.78 is 19.0. The summed E-state index contributed by atoms with van der Waals surface area (Å²) in [5.74, 6) is 0.744. The van der Waals surface area contributed by atoms with E-state index in [1.807, 2.05) is 0 Å². The lowest BCUT2D eigenvalue weighted by Crippen LogP contribution is -2.28. The van der Waals surface area contributed by atoms with Crippen molar-refractivity contribution in [1.29, 1.82) is 0 Å². The van der Waals surface area contributed by atoms with Gasteiger partial charge in [-0.3, -0.25) is 10.1 Å². The zero-order chi connectivity index (χ0) is 14.0. The van der Waals surface area contributed by atoms with Crippen LogP contribution in [0.4, 0.5) is 10.1 Å². The van der Waals surface area contributed by atoms with E-state index in [1.54, 1.807) is 0 Å². The molecular formula is C14H18FNO3. The molecule has 2 rings (SSSR count). The third-order valence-electron chi connectivity index (χ3n) is 3.50. The predicted molar refractivity (Wildman–Crippen MR) is 69.6 cm³/mol. The minimum atomic E-state index is -0.638. The maximum Gasteiger partial charge on any atom is 0.276 e. The van der Waals surface area contributed by atoms with E-state index in [0.717, 1.165) is 18.9 Å². The fourth-order valence-corrected chi connectivity index (χ4v) is 2.88. The Kier molecular flexibility index (Phi) is 4.02. The third-order valence-corrected chi connectivity index (χ3v) is 3.50. The van der Waals surface area contributed by atoms with Crippen LogP contribution in [0.1, 0.15) is 33.1 Å². The van der Waals surface area contributed by atoms with Crippen LogP contribution in [0.3, 0.4) is 0 Å². The molecule has 0 aliphatic heterocycles. The van der Waals surface area contributed by atoms with E-state index in [4.69, 9.17) is 4.74 Å². The topological polar surface area (TPSA) is 52.4 Å². The lowest BCUT2D eigenvalue weighted by Gasteiger charge is -2.31. The first kappa shape index (κ1) is 13.8. The zero-order valence-corrected chi connectivity index (χ0v) is 11.1. The summed E-state index contributed by atoms with van der Waals surface area (Å²) in [6.07, 6.45) is 3.01. The van der Waals surface area contributed by atoms with E-state index in [1.165, 1.54) is 18.6 Å². The van der Waals surface area contributed by atoms with Crippen molar-refractivity contribution in [3.8, 4) is 5.75 Å². The van der Waals surface area contributed by atoms with E-state index in [0.29, 0.717) is 11.8 Å². The largest absolute Gasteiger partial charge is 0.490 e. The maximum atomic E-state index is 13.3. The van der Waals surface area contributed by atoms with Crippen LogP contribution < -0.4 is 4.74 Å². The van der Waals surface area contributed by atoms with Crippen molar-refractivity contribution >= 4 is 5.69 Å². The Labute approximate surface area is 111 Å². The van der Waals surface area contributed by atoms with Gasteiger partial charge in [-0.2, -0.15) is 0 Å². The van der Waals surface area contributed by atoms with E-state index in [9.17, 15) is 14.5 Å². The van der Waals surface area contributed by atoms with Crippen LogP contribution in [0.15, 0.2) is 18.2 Å². The highest BCUT2D eigenvalue weighted by atomic mass is 19.1. The summed E-state index contributed by atoms with van der Waals surface area (Å²) >= 11 is 0. The summed E-state index contributed by atoms with van der Waals surface area (Å²) in [5, 5.41) is 10.7. The van der Waals surface area contributed by atoms with Crippen molar-refractivity contribution in [2.75, 3.05) is 0 Å². The molecule has 0 radical (unpaired) electrons. The first-order chi connectivity index (χ1) is 8.94. The third kappa shape index (κ3) is 3.66. The number of ether oxygens (including phenoxy) is 1. The molecule has 0 spiro atoms. The monoisotopic (exact) mass is 267 g/mol. The van der Waals surface area contributed by atoms with Crippen molar-refractivity contribution in [3.05, 3.63) is 34.1 Å². The molecule has 0 bridgehead atoms. The van der Waals surface area contributed by atoms with Crippen molar-refractivity contribution in [2.45, 2.75) is 39.2 Å². The Morgan fingerprint density at radius 2 is 1.84 bits per heavy atom. The highest BCUT2D eigenvalue weighted by molar-refractivity contribution is 5.39. The van der Waals surface area contributed by atoms with Crippen molar-refractivity contribution in [1.82, 2.24) is 0 Å². The first-order valence-corrected chi connectivity index (χ1v) is 6.55. The molecule has 4 nitrogen and oxygen atoms in total. The molecule has 5 heteroatoms. The summed E-state index contributed by atoms with van der Waals surface area (Å²) in [7, 11) is 0. The molecule has 0 N–H and O–H groups in total. The fraction of sp³-hybridized carbons (Fsp3) is 0.571. The minimum Gasteiger partial charge on any atom is -0.490 e. The van der Waals surface area contributed by atoms with Crippen LogP contribution in [0.5, 0.6) is 5.75 Å². The molecule has 0 amide bonds. The average Bonchev–Trinajstić information content (AvgIpc) is 2.26. The van der Waals surface area contributed by atoms with E-state index < -0.39 is 10.7 Å². The van der Waals surface area contributed by atoms with E-state index in [2.05, 4.69) is 13.8 Å². The second-order valence-corrected chi connectivity index (χ2v) is 5.56. The van der Waals surface area contributed by atoms with E-state index >= 15 is 0 Å². The van der Waals surface area contributed by atoms with Crippen LogP contribution in [0.2, 0.25) is 0 Å². The van der Waals surface area contributed by atoms with Crippen molar-refractivity contribution < 1.29 is 14.1 Å². The van der Waals surface area contributed by atoms with Gasteiger partial charge >= 0.3 is 0 Å². The summed E-state index contributed by atoms with van der Waals surface area (Å²) in [6, 6.07) is 3.39. The van der Waals surface area contributed by atoms with Gasteiger partial charge in [-0.15, -0.1) is 0 Å². The van der Waals surface area contributed by atoms with Crippen LogP contribution in [-0.4, -0.2) is 11.0 Å². The molecule has 0 saturated heterocycles. The first-order valence-electron chi connectivity index (χ1n) is 6.55. The zero-order valence-electron chi connectivity index (χ0n) is 11.1. The van der Waals surface area contributed by atoms with Gasteiger partial charge in [-0.1, -0.05) is 13.8 Å². The predicted octanol–water partition coefficient (Wildman–Crippen LogP) is 3.94. The molecule has 2 unspecified atom stereocenters. The molecule has 19 heavy (non-hydrogen) atoms. The van der Waals surface area contributed by atoms with Crippen molar-refractivity contribution in [2.24, 2.45) is 11.8 Å². The summed E-state index contributed by atoms with van der Waals surface area (Å²) in [4.78, 5) is 10.1. The fourth-order valence-electron chi connectivity index (χ4n) is 2.88. The number of nitro benzene ring substituents is 1. The van der Waals surface area contributed by atoms with Crippen LogP contribution in [0, 0.1) is 27.8 Å². The molecule has 0 aromatic heterocycles. The second kappa shape index (κ2) is 5.55. The summed E-state index contributed by atoms with van der Waals surface area (Å²) in [6.45, 7) is 4.33. The Morgan fingerprint density at radius 3 is 2.42 bits per heavy atom. The quantitative estimate of drug-likeness (QED) is 0.615. The Bertz CT molecular complexity index is 468. The molecule has 1 aromatic carbocycles. The van der Waals surface area contributed by atoms with Crippen LogP contribution in [-0.2, 0) is 0 Å². The number of hydrogen-bond acceptors (Lipinski definition) is 3. The standard InChI is InChI=1S/C14H18FNO3/c1-9-3-10(2)5-13(4-9)19-14-7-11(15)6-12(8-14)16(17)18/h6-10,13H,3-5H2,1-2H3. The number of rotatable bonds is 3. The molecular weight excluding hydrogens is 249 g/mol. The smallest absolute Gasteiger partial charge is 0.276 e. The van der Waals surface area contributed by atoms with Gasteiger partial charge in [-0.05, 0) is 31.1 Å². The Hall–Kier alpha value is -1.65. The SMILES string of the molecule is CC1CC(C)CC(Oc2cc(F)cc([N+](=O)[O-])c2)C1. The number of hydrogen-bond donors (Lipinski definition) is 0. The van der Waals surface area contributed by atoms with Gasteiger partial charge < -0.3 is 4.74 Å². The molecule has 104 valence electrons. The van der Waals surface area contributed by atoms with Gasteiger partial charge in [0.15, 0.2) is 0 Å². The maximum absolute atomic E-state index is 13.3. The summed E-state index contributed by atoms with van der Waals surface area (Å²) in [5.41, 5.74) is -0.271. The van der Waals surface area contributed by atoms with Gasteiger partial charge in [0.25, 0.3) is 5.69 Å². The highest BCUT2D eigenvalue weighted by Crippen LogP contribution is 2.32. The van der Waals surface area contributed by atoms with Crippen LogP contribution in [0.25, 0.3) is 0 Å². The van der Waals surface area contributed by atoms with Gasteiger partial charge in [-0.25, -0.2) is 4.39 Å². The lowest BCUT2D eigenvalue weighted by atomic mass is 9.82. The second-order valence-electron chi connectivity index (χ2n) is 5.56. The van der Waals surface area contributed by atoms with Gasteiger partial charge in [0, 0.05) is 6.07 Å². The molecule has 2 atom stereocenters. The molecule has 0 heterocycles. The van der Waals surface area contributed by atoms with Crippen molar-refractivity contribution in [3.63, 3.8) is 0 Å². The Balaban J connectivity index is 2.12.